The van der Waals surface area contributed by atoms with Crippen molar-refractivity contribution in [2.45, 2.75) is 35.5 Å². The van der Waals surface area contributed by atoms with Crippen molar-refractivity contribution in [3.8, 4) is 11.4 Å². The van der Waals surface area contributed by atoms with Crippen LogP contribution in [0.1, 0.15) is 30.1 Å². The van der Waals surface area contributed by atoms with E-state index < -0.39 is 0 Å². The summed E-state index contributed by atoms with van der Waals surface area (Å²) in [7, 11) is 0. The molecule has 0 spiro atoms. The minimum absolute atomic E-state index is 0.432. The van der Waals surface area contributed by atoms with Crippen LogP contribution in [0.4, 0.5) is 0 Å². The number of pyridine rings is 1. The molecule has 0 unspecified atom stereocenters. The Morgan fingerprint density at radius 3 is 2.66 bits per heavy atom. The second-order valence-electron chi connectivity index (χ2n) is 6.88. The number of hydrogen-bond acceptors (Lipinski definition) is 6. The third-order valence-corrected chi connectivity index (χ3v) is 5.74. The van der Waals surface area contributed by atoms with Crippen LogP contribution in [0.5, 0.6) is 0 Å². The summed E-state index contributed by atoms with van der Waals surface area (Å²) in [5, 5.41) is 10.9. The summed E-state index contributed by atoms with van der Waals surface area (Å²) in [6.45, 7) is 0.648. The predicted molar refractivity (Wildman–Crippen MR) is 112 cm³/mol. The van der Waals surface area contributed by atoms with Gasteiger partial charge in [-0.15, -0.1) is 10.2 Å². The molecule has 0 atom stereocenters. The highest BCUT2D eigenvalue weighted by Gasteiger charge is 2.27. The van der Waals surface area contributed by atoms with Gasteiger partial charge in [-0.3, -0.25) is 9.55 Å². The molecule has 5 rings (SSSR count). The van der Waals surface area contributed by atoms with Gasteiger partial charge < -0.3 is 0 Å². The first-order chi connectivity index (χ1) is 14.3. The van der Waals surface area contributed by atoms with Crippen molar-refractivity contribution in [2.75, 3.05) is 0 Å². The zero-order chi connectivity index (χ0) is 19.6. The molecule has 3 heterocycles. The summed E-state index contributed by atoms with van der Waals surface area (Å²) in [5.74, 6) is 2.02. The lowest BCUT2D eigenvalue weighted by atomic mass is 10.2. The van der Waals surface area contributed by atoms with E-state index in [-0.39, 0.29) is 0 Å². The molecule has 0 bridgehead atoms. The molecule has 1 fully saturated rings. The van der Waals surface area contributed by atoms with Crippen molar-refractivity contribution < 1.29 is 0 Å². The third kappa shape index (κ3) is 4.16. The molecule has 3 aromatic heterocycles. The van der Waals surface area contributed by atoms with Crippen molar-refractivity contribution in [1.29, 1.82) is 0 Å². The molecule has 6 nitrogen and oxygen atoms in total. The van der Waals surface area contributed by atoms with Crippen LogP contribution < -0.4 is 0 Å². The Bertz CT molecular complexity index is 1130. The van der Waals surface area contributed by atoms with Gasteiger partial charge in [0.15, 0.2) is 11.0 Å². The van der Waals surface area contributed by atoms with E-state index in [2.05, 4.69) is 36.9 Å². The molecule has 1 aliphatic carbocycles. The van der Waals surface area contributed by atoms with Crippen LogP contribution in [0.25, 0.3) is 11.4 Å². The molecular weight excluding hydrogens is 404 g/mol. The predicted octanol–water partition coefficient (Wildman–Crippen LogP) is 4.86. The van der Waals surface area contributed by atoms with Gasteiger partial charge in [-0.1, -0.05) is 41.9 Å². The standard InChI is InChI=1S/C21H17ClN6S/c22-17-11-18(25-19(24-17)15-8-9-15)29-21-27-26-20(16-7-4-10-23-12-16)28(21)13-14-5-2-1-3-6-14/h1-7,10-12,15H,8-9,13H2. The maximum absolute atomic E-state index is 6.24. The molecule has 1 saturated carbocycles. The summed E-state index contributed by atoms with van der Waals surface area (Å²) in [6.07, 6.45) is 5.80. The summed E-state index contributed by atoms with van der Waals surface area (Å²) in [6, 6.07) is 15.9. The van der Waals surface area contributed by atoms with Crippen molar-refractivity contribution in [2.24, 2.45) is 0 Å². The van der Waals surface area contributed by atoms with E-state index in [1.165, 1.54) is 17.3 Å². The number of halogens is 1. The second-order valence-corrected chi connectivity index (χ2v) is 8.26. The van der Waals surface area contributed by atoms with Crippen LogP contribution in [-0.2, 0) is 6.54 Å². The van der Waals surface area contributed by atoms with Crippen LogP contribution in [0.2, 0.25) is 5.15 Å². The Balaban J connectivity index is 1.53. The maximum Gasteiger partial charge on any atom is 0.198 e. The number of hydrogen-bond donors (Lipinski definition) is 0. The third-order valence-electron chi connectivity index (χ3n) is 4.65. The molecule has 29 heavy (non-hydrogen) atoms. The van der Waals surface area contributed by atoms with Gasteiger partial charge in [-0.2, -0.15) is 0 Å². The molecule has 1 aliphatic rings. The zero-order valence-corrected chi connectivity index (χ0v) is 17.0. The van der Waals surface area contributed by atoms with Crippen LogP contribution in [0.15, 0.2) is 71.1 Å². The van der Waals surface area contributed by atoms with Crippen molar-refractivity contribution in [3.05, 3.63) is 77.5 Å². The van der Waals surface area contributed by atoms with Crippen LogP contribution in [0.3, 0.4) is 0 Å². The number of aromatic nitrogens is 6. The van der Waals surface area contributed by atoms with E-state index in [1.54, 1.807) is 18.5 Å². The Morgan fingerprint density at radius 2 is 1.90 bits per heavy atom. The smallest absolute Gasteiger partial charge is 0.198 e. The highest BCUT2D eigenvalue weighted by Crippen LogP contribution is 2.39. The van der Waals surface area contributed by atoms with E-state index in [0.717, 1.165) is 40.2 Å². The summed E-state index contributed by atoms with van der Waals surface area (Å²) >= 11 is 7.70. The van der Waals surface area contributed by atoms with Gasteiger partial charge in [0, 0.05) is 29.9 Å². The SMILES string of the molecule is Clc1cc(Sc2nnc(-c3cccnc3)n2Cc2ccccc2)nc(C2CC2)n1. The van der Waals surface area contributed by atoms with Crippen molar-refractivity contribution in [3.63, 3.8) is 0 Å². The van der Waals surface area contributed by atoms with Crippen LogP contribution in [0, 0.1) is 0 Å². The molecule has 0 aliphatic heterocycles. The highest BCUT2D eigenvalue weighted by molar-refractivity contribution is 7.99. The minimum Gasteiger partial charge on any atom is -0.297 e. The average molecular weight is 421 g/mol. The lowest BCUT2D eigenvalue weighted by Crippen LogP contribution is -2.04. The van der Waals surface area contributed by atoms with E-state index in [9.17, 15) is 0 Å². The minimum atomic E-state index is 0.432. The summed E-state index contributed by atoms with van der Waals surface area (Å²) < 4.78 is 2.09. The molecule has 4 aromatic rings. The Morgan fingerprint density at radius 1 is 1.03 bits per heavy atom. The summed E-state index contributed by atoms with van der Waals surface area (Å²) in [4.78, 5) is 13.3. The fourth-order valence-electron chi connectivity index (χ4n) is 3.07. The van der Waals surface area contributed by atoms with Gasteiger partial charge in [0.05, 0.1) is 6.54 Å². The molecule has 0 amide bonds. The highest BCUT2D eigenvalue weighted by atomic mass is 35.5. The first-order valence-electron chi connectivity index (χ1n) is 9.36. The largest absolute Gasteiger partial charge is 0.297 e. The lowest BCUT2D eigenvalue weighted by molar-refractivity contribution is 0.713. The maximum atomic E-state index is 6.24. The van der Waals surface area contributed by atoms with Gasteiger partial charge in [0.1, 0.15) is 16.0 Å². The lowest BCUT2D eigenvalue weighted by Gasteiger charge is -2.10. The number of rotatable bonds is 6. The molecule has 8 heteroatoms. The number of benzene rings is 1. The first-order valence-corrected chi connectivity index (χ1v) is 10.6. The van der Waals surface area contributed by atoms with Crippen LogP contribution in [-0.4, -0.2) is 29.7 Å². The van der Waals surface area contributed by atoms with Crippen molar-refractivity contribution in [1.82, 2.24) is 29.7 Å². The van der Waals surface area contributed by atoms with E-state index >= 15 is 0 Å². The quantitative estimate of drug-likeness (QED) is 0.415. The Labute approximate surface area is 177 Å². The van der Waals surface area contributed by atoms with E-state index in [1.807, 2.05) is 30.3 Å². The van der Waals surface area contributed by atoms with E-state index in [0.29, 0.717) is 17.6 Å². The van der Waals surface area contributed by atoms with Crippen LogP contribution >= 0.6 is 23.4 Å². The van der Waals surface area contributed by atoms with Gasteiger partial charge >= 0.3 is 0 Å². The normalized spacial score (nSPS) is 13.6. The number of nitrogens with zero attached hydrogens (tertiary/aromatic N) is 6. The van der Waals surface area contributed by atoms with Crippen molar-refractivity contribution >= 4 is 23.4 Å². The first kappa shape index (κ1) is 18.3. The van der Waals surface area contributed by atoms with Gasteiger partial charge in [0.2, 0.25) is 0 Å². The molecular formula is C21H17ClN6S. The Hall–Kier alpha value is -2.77. The fraction of sp³-hybridized carbons (Fsp3) is 0.190. The molecule has 0 saturated heterocycles. The van der Waals surface area contributed by atoms with E-state index in [4.69, 9.17) is 16.6 Å². The zero-order valence-electron chi connectivity index (χ0n) is 15.4. The van der Waals surface area contributed by atoms with Gasteiger partial charge in [-0.05, 0) is 42.3 Å². The topological polar surface area (TPSA) is 69.4 Å². The average Bonchev–Trinajstić information content (AvgIpc) is 3.53. The van der Waals surface area contributed by atoms with Gasteiger partial charge in [-0.25, -0.2) is 9.97 Å². The monoisotopic (exact) mass is 420 g/mol. The van der Waals surface area contributed by atoms with Gasteiger partial charge in [0.25, 0.3) is 0 Å². The molecule has 144 valence electrons. The fourth-order valence-corrected chi connectivity index (χ4v) is 4.16. The Kier molecular flexibility index (Phi) is 4.99. The molecule has 1 aromatic carbocycles. The molecule has 0 N–H and O–H groups in total. The second kappa shape index (κ2) is 7.93. The molecule has 0 radical (unpaired) electrons. The summed E-state index contributed by atoms with van der Waals surface area (Å²) in [5.41, 5.74) is 2.08.